The normalized spacial score (nSPS) is 11.1. The van der Waals surface area contributed by atoms with E-state index in [0.29, 0.717) is 0 Å². The van der Waals surface area contributed by atoms with Gasteiger partial charge in [0, 0.05) is 22.7 Å². The van der Waals surface area contributed by atoms with E-state index < -0.39 is 0 Å². The molecule has 0 spiro atoms. The summed E-state index contributed by atoms with van der Waals surface area (Å²) in [5, 5.41) is 1.20. The van der Waals surface area contributed by atoms with Crippen molar-refractivity contribution < 1.29 is 4.79 Å². The molecule has 0 saturated heterocycles. The number of rotatable bonds is 1. The molecule has 0 saturated carbocycles. The van der Waals surface area contributed by atoms with Gasteiger partial charge >= 0.3 is 0 Å². The quantitative estimate of drug-likeness (QED) is 0.563. The van der Waals surface area contributed by atoms with E-state index in [9.17, 15) is 4.79 Å². The summed E-state index contributed by atoms with van der Waals surface area (Å²) in [6.45, 7) is 1.59. The lowest BCUT2D eigenvalue weighted by molar-refractivity contribution is 0.101. The molecule has 78 valence electrons. The lowest BCUT2D eigenvalue weighted by Gasteiger charge is -2.00. The van der Waals surface area contributed by atoms with Crippen LogP contribution in [0.2, 0.25) is 0 Å². The van der Waals surface area contributed by atoms with E-state index in [1.54, 1.807) is 6.92 Å². The van der Waals surface area contributed by atoms with E-state index >= 15 is 0 Å². The molecular formula is C14H11NO. The number of carbonyl (C=O) groups excluding carboxylic acids is 1. The first-order valence-electron chi connectivity index (χ1n) is 5.26. The van der Waals surface area contributed by atoms with E-state index in [-0.39, 0.29) is 5.78 Å². The van der Waals surface area contributed by atoms with Crippen molar-refractivity contribution in [3.8, 4) is 0 Å². The third-order valence-electron chi connectivity index (χ3n) is 2.89. The molecule has 0 bridgehead atoms. The fraction of sp³-hybridized carbons (Fsp3) is 0.0714. The number of carbonyl (C=O) groups is 1. The molecule has 2 heteroatoms. The maximum absolute atomic E-state index is 11.3. The standard InChI is InChI=1S/C14H11NO/c1-10(16)12-6-7-13-8-11-4-2-3-5-14(11)15(13)9-12/h2-9H,1H3. The highest BCUT2D eigenvalue weighted by Gasteiger charge is 2.04. The molecule has 3 aromatic rings. The van der Waals surface area contributed by atoms with Crippen LogP contribution in [0.5, 0.6) is 0 Å². The topological polar surface area (TPSA) is 21.5 Å². The second-order valence-electron chi connectivity index (χ2n) is 3.97. The molecule has 2 heterocycles. The van der Waals surface area contributed by atoms with Gasteiger partial charge in [0.25, 0.3) is 0 Å². The number of fused-ring (bicyclic) bond motifs is 3. The van der Waals surface area contributed by atoms with Crippen LogP contribution in [0.3, 0.4) is 0 Å². The van der Waals surface area contributed by atoms with Crippen molar-refractivity contribution in [3.05, 3.63) is 54.2 Å². The summed E-state index contributed by atoms with van der Waals surface area (Å²) in [6.07, 6.45) is 1.90. The zero-order chi connectivity index (χ0) is 11.1. The predicted octanol–water partition coefficient (Wildman–Crippen LogP) is 3.30. The molecule has 0 radical (unpaired) electrons. The molecule has 0 atom stereocenters. The molecule has 0 aliphatic carbocycles. The van der Waals surface area contributed by atoms with Crippen molar-refractivity contribution >= 4 is 22.2 Å². The number of pyridine rings is 1. The molecule has 0 aliphatic heterocycles. The van der Waals surface area contributed by atoms with Crippen LogP contribution in [-0.2, 0) is 0 Å². The van der Waals surface area contributed by atoms with Gasteiger partial charge in [-0.25, -0.2) is 0 Å². The molecule has 0 N–H and O–H groups in total. The van der Waals surface area contributed by atoms with Crippen molar-refractivity contribution in [1.29, 1.82) is 0 Å². The Labute approximate surface area is 93.1 Å². The van der Waals surface area contributed by atoms with Crippen LogP contribution < -0.4 is 0 Å². The van der Waals surface area contributed by atoms with Gasteiger partial charge in [-0.1, -0.05) is 18.2 Å². The van der Waals surface area contributed by atoms with Crippen LogP contribution in [0.1, 0.15) is 17.3 Å². The van der Waals surface area contributed by atoms with Crippen LogP contribution in [0.25, 0.3) is 16.4 Å². The van der Waals surface area contributed by atoms with Crippen molar-refractivity contribution in [2.75, 3.05) is 0 Å². The summed E-state index contributed by atoms with van der Waals surface area (Å²) >= 11 is 0. The molecule has 3 rings (SSSR count). The summed E-state index contributed by atoms with van der Waals surface area (Å²) < 4.78 is 2.06. The zero-order valence-corrected chi connectivity index (χ0v) is 8.97. The Morgan fingerprint density at radius 3 is 2.75 bits per heavy atom. The Morgan fingerprint density at radius 2 is 1.94 bits per heavy atom. The van der Waals surface area contributed by atoms with Crippen LogP contribution in [0.15, 0.2) is 48.7 Å². The van der Waals surface area contributed by atoms with Gasteiger partial charge < -0.3 is 4.40 Å². The summed E-state index contributed by atoms with van der Waals surface area (Å²) in [5.74, 6) is 0.0969. The van der Waals surface area contributed by atoms with Crippen molar-refractivity contribution in [2.24, 2.45) is 0 Å². The molecule has 2 aromatic heterocycles. The summed E-state index contributed by atoms with van der Waals surface area (Å²) in [6, 6.07) is 14.2. The monoisotopic (exact) mass is 209 g/mol. The van der Waals surface area contributed by atoms with Crippen molar-refractivity contribution in [3.63, 3.8) is 0 Å². The van der Waals surface area contributed by atoms with E-state index in [1.165, 1.54) is 5.39 Å². The van der Waals surface area contributed by atoms with Crippen molar-refractivity contribution in [1.82, 2.24) is 4.40 Å². The molecule has 1 aromatic carbocycles. The minimum Gasteiger partial charge on any atom is -0.316 e. The number of Topliss-reactive ketones (excluding diaryl/α,β-unsaturated/α-hetero) is 1. The van der Waals surface area contributed by atoms with Gasteiger partial charge in [0.1, 0.15) is 0 Å². The number of nitrogens with zero attached hydrogens (tertiary/aromatic N) is 1. The summed E-state index contributed by atoms with van der Waals surface area (Å²) in [4.78, 5) is 11.3. The molecular weight excluding hydrogens is 198 g/mol. The lowest BCUT2D eigenvalue weighted by atomic mass is 10.2. The molecule has 2 nitrogen and oxygen atoms in total. The second-order valence-corrected chi connectivity index (χ2v) is 3.97. The zero-order valence-electron chi connectivity index (χ0n) is 8.97. The number of aromatic nitrogens is 1. The number of para-hydroxylation sites is 1. The third-order valence-corrected chi connectivity index (χ3v) is 2.89. The van der Waals surface area contributed by atoms with Crippen LogP contribution in [0.4, 0.5) is 0 Å². The maximum atomic E-state index is 11.3. The van der Waals surface area contributed by atoms with Crippen molar-refractivity contribution in [2.45, 2.75) is 6.92 Å². The third kappa shape index (κ3) is 1.23. The Morgan fingerprint density at radius 1 is 1.12 bits per heavy atom. The highest BCUT2D eigenvalue weighted by Crippen LogP contribution is 2.20. The van der Waals surface area contributed by atoms with Gasteiger partial charge in [-0.2, -0.15) is 0 Å². The average molecular weight is 209 g/mol. The Bertz CT molecular complexity index is 694. The number of benzene rings is 1. The first-order valence-corrected chi connectivity index (χ1v) is 5.26. The number of ketones is 1. The van der Waals surface area contributed by atoms with Crippen LogP contribution in [-0.4, -0.2) is 10.2 Å². The number of hydrogen-bond acceptors (Lipinski definition) is 1. The smallest absolute Gasteiger partial charge is 0.161 e. The van der Waals surface area contributed by atoms with Gasteiger partial charge in [0.05, 0.1) is 5.52 Å². The Balaban J connectivity index is 2.44. The predicted molar refractivity (Wildman–Crippen MR) is 64.9 cm³/mol. The molecule has 0 aliphatic rings. The highest BCUT2D eigenvalue weighted by molar-refractivity contribution is 5.95. The van der Waals surface area contributed by atoms with Gasteiger partial charge in [-0.3, -0.25) is 4.79 Å². The van der Waals surface area contributed by atoms with Gasteiger partial charge in [-0.05, 0) is 31.2 Å². The van der Waals surface area contributed by atoms with Gasteiger partial charge in [0.15, 0.2) is 5.78 Å². The van der Waals surface area contributed by atoms with E-state index in [4.69, 9.17) is 0 Å². The lowest BCUT2D eigenvalue weighted by Crippen LogP contribution is -1.94. The van der Waals surface area contributed by atoms with Gasteiger partial charge in [-0.15, -0.1) is 0 Å². The Hall–Kier alpha value is -2.09. The minimum absolute atomic E-state index is 0.0969. The fourth-order valence-corrected chi connectivity index (χ4v) is 2.03. The maximum Gasteiger partial charge on any atom is 0.161 e. The number of hydrogen-bond donors (Lipinski definition) is 0. The Kier molecular flexibility index (Phi) is 1.83. The summed E-state index contributed by atoms with van der Waals surface area (Å²) in [7, 11) is 0. The van der Waals surface area contributed by atoms with Crippen LogP contribution >= 0.6 is 0 Å². The molecule has 0 unspecified atom stereocenters. The highest BCUT2D eigenvalue weighted by atomic mass is 16.1. The van der Waals surface area contributed by atoms with Crippen LogP contribution in [0, 0.1) is 0 Å². The fourth-order valence-electron chi connectivity index (χ4n) is 2.03. The van der Waals surface area contributed by atoms with E-state index in [0.717, 1.165) is 16.6 Å². The molecule has 16 heavy (non-hydrogen) atoms. The molecule has 0 amide bonds. The van der Waals surface area contributed by atoms with E-state index in [1.807, 2.05) is 30.5 Å². The van der Waals surface area contributed by atoms with E-state index in [2.05, 4.69) is 22.6 Å². The first kappa shape index (κ1) is 9.16. The first-order chi connectivity index (χ1) is 7.75. The minimum atomic E-state index is 0.0969. The average Bonchev–Trinajstić information content (AvgIpc) is 2.66. The SMILES string of the molecule is CC(=O)c1ccc2cc3ccccc3n2c1. The second kappa shape index (κ2) is 3.20. The van der Waals surface area contributed by atoms with Gasteiger partial charge in [0.2, 0.25) is 0 Å². The largest absolute Gasteiger partial charge is 0.316 e. The molecule has 0 fully saturated rings. The summed E-state index contributed by atoms with van der Waals surface area (Å²) in [5.41, 5.74) is 3.00.